The van der Waals surface area contributed by atoms with Crippen LogP contribution in [-0.2, 0) is 9.53 Å². The Morgan fingerprint density at radius 3 is 2.54 bits per heavy atom. The second kappa shape index (κ2) is 14.3. The molecule has 1 aliphatic carbocycles. The van der Waals surface area contributed by atoms with Crippen LogP contribution < -0.4 is 0 Å². The van der Waals surface area contributed by atoms with Crippen LogP contribution in [0.3, 0.4) is 0 Å². The van der Waals surface area contributed by atoms with Crippen molar-refractivity contribution in [2.24, 2.45) is 11.8 Å². The third-order valence-electron chi connectivity index (χ3n) is 5.55. The lowest BCUT2D eigenvalue weighted by molar-refractivity contribution is -0.147. The van der Waals surface area contributed by atoms with Crippen LogP contribution in [0.5, 0.6) is 0 Å². The molecule has 0 saturated heterocycles. The van der Waals surface area contributed by atoms with E-state index in [2.05, 4.69) is 19.1 Å². The number of esters is 1. The van der Waals surface area contributed by atoms with Crippen molar-refractivity contribution in [3.05, 3.63) is 12.2 Å². The Morgan fingerprint density at radius 2 is 1.81 bits per heavy atom. The van der Waals surface area contributed by atoms with E-state index in [1.165, 1.54) is 44.9 Å². The van der Waals surface area contributed by atoms with Crippen LogP contribution >= 0.6 is 0 Å². The van der Waals surface area contributed by atoms with E-state index in [0.29, 0.717) is 18.3 Å². The molecule has 1 N–H and O–H groups in total. The lowest BCUT2D eigenvalue weighted by Crippen LogP contribution is -2.18. The van der Waals surface area contributed by atoms with Crippen LogP contribution in [-0.4, -0.2) is 23.3 Å². The van der Waals surface area contributed by atoms with Crippen molar-refractivity contribution < 1.29 is 14.6 Å². The molecule has 1 aliphatic rings. The van der Waals surface area contributed by atoms with Gasteiger partial charge in [0.2, 0.25) is 0 Å². The van der Waals surface area contributed by atoms with Crippen molar-refractivity contribution in [2.75, 3.05) is 0 Å². The maximum atomic E-state index is 11.5. The van der Waals surface area contributed by atoms with E-state index in [9.17, 15) is 9.90 Å². The first-order valence-electron chi connectivity index (χ1n) is 11.1. The van der Waals surface area contributed by atoms with E-state index >= 15 is 0 Å². The predicted molar refractivity (Wildman–Crippen MR) is 109 cm³/mol. The number of aliphatic hydroxyl groups is 1. The van der Waals surface area contributed by atoms with E-state index in [-0.39, 0.29) is 18.2 Å². The molecular weight excluding hydrogens is 324 g/mol. The number of ether oxygens (including phenoxy) is 1. The van der Waals surface area contributed by atoms with Crippen LogP contribution in [0.4, 0.5) is 0 Å². The van der Waals surface area contributed by atoms with E-state index in [1.807, 2.05) is 13.8 Å². The van der Waals surface area contributed by atoms with E-state index in [4.69, 9.17) is 4.74 Å². The molecule has 0 aromatic heterocycles. The van der Waals surface area contributed by atoms with E-state index < -0.39 is 0 Å². The summed E-state index contributed by atoms with van der Waals surface area (Å²) in [6.45, 7) is 6.02. The molecule has 0 unspecified atom stereocenters. The number of unbranched alkanes of at least 4 members (excludes halogenated alkanes) is 6. The molecule has 0 spiro atoms. The molecule has 0 heterocycles. The highest BCUT2D eigenvalue weighted by Crippen LogP contribution is 2.38. The maximum Gasteiger partial charge on any atom is 0.306 e. The fourth-order valence-electron chi connectivity index (χ4n) is 4.08. The van der Waals surface area contributed by atoms with Gasteiger partial charge >= 0.3 is 5.97 Å². The van der Waals surface area contributed by atoms with Gasteiger partial charge in [-0.3, -0.25) is 4.79 Å². The first kappa shape index (κ1) is 23.2. The topological polar surface area (TPSA) is 46.5 Å². The third kappa shape index (κ3) is 10.4. The smallest absolute Gasteiger partial charge is 0.306 e. The fraction of sp³-hybridized carbons (Fsp3) is 0.870. The number of carbonyl (C=O) groups excluding carboxylic acids is 1. The van der Waals surface area contributed by atoms with Gasteiger partial charge in [0.15, 0.2) is 0 Å². The SMILES string of the molecule is CCCCCCCC[C@@H]1[C@@H](C/C=C\CCCC(=O)OC(C)C)CC[C@H]1O. The molecule has 0 aliphatic heterocycles. The summed E-state index contributed by atoms with van der Waals surface area (Å²) in [5.41, 5.74) is 0. The van der Waals surface area contributed by atoms with Crippen LogP contribution in [0.1, 0.15) is 104 Å². The van der Waals surface area contributed by atoms with Gasteiger partial charge in [0.05, 0.1) is 12.2 Å². The molecule has 26 heavy (non-hydrogen) atoms. The minimum absolute atomic E-state index is 0.0181. The van der Waals surface area contributed by atoms with Crippen molar-refractivity contribution >= 4 is 5.97 Å². The first-order chi connectivity index (χ1) is 12.5. The summed E-state index contributed by atoms with van der Waals surface area (Å²) in [6.07, 6.45) is 19.0. The number of hydrogen-bond donors (Lipinski definition) is 1. The molecular formula is C23H42O3. The van der Waals surface area contributed by atoms with Gasteiger partial charge < -0.3 is 9.84 Å². The Morgan fingerprint density at radius 1 is 1.08 bits per heavy atom. The molecule has 1 saturated carbocycles. The van der Waals surface area contributed by atoms with Gasteiger partial charge in [0.1, 0.15) is 0 Å². The summed E-state index contributed by atoms with van der Waals surface area (Å²) in [7, 11) is 0. The molecule has 0 aromatic carbocycles. The molecule has 1 fully saturated rings. The van der Waals surface area contributed by atoms with Gasteiger partial charge in [-0.2, -0.15) is 0 Å². The molecule has 3 heteroatoms. The average molecular weight is 367 g/mol. The van der Waals surface area contributed by atoms with Crippen molar-refractivity contribution in [2.45, 2.75) is 116 Å². The first-order valence-corrected chi connectivity index (χ1v) is 11.1. The molecule has 0 aromatic rings. The van der Waals surface area contributed by atoms with Crippen LogP contribution in [0.2, 0.25) is 0 Å². The Bertz CT molecular complexity index is 389. The minimum atomic E-state index is -0.0914. The molecule has 0 bridgehead atoms. The van der Waals surface area contributed by atoms with Gasteiger partial charge in [-0.1, -0.05) is 57.6 Å². The standard InChI is InChI=1S/C23H42O3/c1-4-5-6-7-8-12-15-21-20(17-18-22(21)24)14-11-9-10-13-16-23(25)26-19(2)3/h9,11,19-22,24H,4-8,10,12-18H2,1-3H3/b11-9-/t20-,21+,22+/m0/s1. The van der Waals surface area contributed by atoms with E-state index in [0.717, 1.165) is 32.1 Å². The predicted octanol–water partition coefficient (Wildman–Crippen LogP) is 6.19. The molecule has 152 valence electrons. The number of aliphatic hydroxyl groups excluding tert-OH is 1. The number of hydrogen-bond acceptors (Lipinski definition) is 3. The van der Waals surface area contributed by atoms with Crippen molar-refractivity contribution in [3.63, 3.8) is 0 Å². The number of carbonyl (C=O) groups is 1. The Labute approximate surface area is 161 Å². The van der Waals surface area contributed by atoms with Gasteiger partial charge in [0.25, 0.3) is 0 Å². The molecule has 1 rings (SSSR count). The summed E-state index contributed by atoms with van der Waals surface area (Å²) in [4.78, 5) is 11.5. The largest absolute Gasteiger partial charge is 0.463 e. The van der Waals surface area contributed by atoms with Crippen LogP contribution in [0, 0.1) is 11.8 Å². The second-order valence-electron chi connectivity index (χ2n) is 8.26. The highest BCUT2D eigenvalue weighted by molar-refractivity contribution is 5.69. The number of rotatable bonds is 14. The second-order valence-corrected chi connectivity index (χ2v) is 8.26. The van der Waals surface area contributed by atoms with Crippen molar-refractivity contribution in [3.8, 4) is 0 Å². The fourth-order valence-corrected chi connectivity index (χ4v) is 4.08. The van der Waals surface area contributed by atoms with Crippen molar-refractivity contribution in [1.82, 2.24) is 0 Å². The molecule has 0 radical (unpaired) electrons. The van der Waals surface area contributed by atoms with E-state index in [1.54, 1.807) is 0 Å². The summed E-state index contributed by atoms with van der Waals surface area (Å²) in [5.74, 6) is 1.04. The Kier molecular flexibility index (Phi) is 12.7. The zero-order chi connectivity index (χ0) is 19.2. The van der Waals surface area contributed by atoms with Gasteiger partial charge in [-0.15, -0.1) is 0 Å². The quantitative estimate of drug-likeness (QED) is 0.226. The molecule has 0 amide bonds. The normalized spacial score (nSPS) is 23.2. The highest BCUT2D eigenvalue weighted by atomic mass is 16.5. The Balaban J connectivity index is 2.16. The highest BCUT2D eigenvalue weighted by Gasteiger charge is 2.33. The van der Waals surface area contributed by atoms with Crippen LogP contribution in [0.25, 0.3) is 0 Å². The van der Waals surface area contributed by atoms with Crippen LogP contribution in [0.15, 0.2) is 12.2 Å². The number of allylic oxidation sites excluding steroid dienone is 2. The van der Waals surface area contributed by atoms with Gasteiger partial charge in [0, 0.05) is 6.42 Å². The molecule has 3 nitrogen and oxygen atoms in total. The lowest BCUT2D eigenvalue weighted by atomic mass is 9.87. The van der Waals surface area contributed by atoms with Crippen molar-refractivity contribution in [1.29, 1.82) is 0 Å². The Hall–Kier alpha value is -0.830. The summed E-state index contributed by atoms with van der Waals surface area (Å²) >= 11 is 0. The van der Waals surface area contributed by atoms with Gasteiger partial charge in [-0.05, 0) is 64.2 Å². The summed E-state index contributed by atoms with van der Waals surface area (Å²) < 4.78 is 5.14. The zero-order valence-electron chi connectivity index (χ0n) is 17.4. The minimum Gasteiger partial charge on any atom is -0.463 e. The summed E-state index contributed by atoms with van der Waals surface area (Å²) in [5, 5.41) is 10.3. The lowest BCUT2D eigenvalue weighted by Gasteiger charge is -2.21. The third-order valence-corrected chi connectivity index (χ3v) is 5.55. The van der Waals surface area contributed by atoms with Gasteiger partial charge in [-0.25, -0.2) is 0 Å². The summed E-state index contributed by atoms with van der Waals surface area (Å²) in [6, 6.07) is 0. The maximum absolute atomic E-state index is 11.5. The monoisotopic (exact) mass is 366 g/mol. The average Bonchev–Trinajstić information content (AvgIpc) is 2.93. The molecule has 3 atom stereocenters. The zero-order valence-corrected chi connectivity index (χ0v) is 17.4.